The second kappa shape index (κ2) is 24.6. The molecular weight excluding hydrogens is 364 g/mol. The maximum Gasteiger partial charge on any atom is 0.275 e. The number of carbonyl (C=O) groups is 2. The number of primary amides is 1. The van der Waals surface area contributed by atoms with E-state index in [4.69, 9.17) is 4.79 Å². The summed E-state index contributed by atoms with van der Waals surface area (Å²) in [7, 11) is 0. The van der Waals surface area contributed by atoms with Crippen molar-refractivity contribution in [2.75, 3.05) is 6.54 Å². The topological polar surface area (TPSA) is 72.2 Å². The van der Waals surface area contributed by atoms with E-state index in [0.717, 1.165) is 13.0 Å². The van der Waals surface area contributed by atoms with Crippen LogP contribution in [-0.2, 0) is 0 Å². The maximum absolute atomic E-state index is 10.6. The van der Waals surface area contributed by atoms with Crippen molar-refractivity contribution in [2.45, 2.75) is 110 Å². The number of unbranched alkanes of at least 4 members (excludes halogenated alkanes) is 15. The van der Waals surface area contributed by atoms with Gasteiger partial charge in [0.2, 0.25) is 0 Å². The minimum absolute atomic E-state index is 0.207. The van der Waals surface area contributed by atoms with Gasteiger partial charge in [0.15, 0.2) is 0 Å². The van der Waals surface area contributed by atoms with E-state index < -0.39 is 5.24 Å². The lowest BCUT2D eigenvalue weighted by atomic mass is 10.0. The number of thiol groups is 2. The predicted molar refractivity (Wildman–Crippen MR) is 121 cm³/mol. The lowest BCUT2D eigenvalue weighted by Crippen LogP contribution is -2.17. The standard InChI is InChI=1S/C19H39NOS.CH3NOS/c1-2-3-4-5-6-7-8-9-10-11-12-13-14-15-16-17-18-20-19(21)22;2-1(3)4/h2-18H2,1H3,(H2,20,21,22);(H3,2,3,4). The van der Waals surface area contributed by atoms with Crippen molar-refractivity contribution in [2.24, 2.45) is 5.73 Å². The Morgan fingerprint density at radius 3 is 1.19 bits per heavy atom. The molecule has 0 aromatic rings. The summed E-state index contributed by atoms with van der Waals surface area (Å²) in [6, 6.07) is 0. The fourth-order valence-corrected chi connectivity index (χ4v) is 2.98. The molecule has 0 radical (unpaired) electrons. The fraction of sp³-hybridized carbons (Fsp3) is 0.900. The van der Waals surface area contributed by atoms with Gasteiger partial charge in [-0.15, -0.1) is 0 Å². The summed E-state index contributed by atoms with van der Waals surface area (Å²) in [4.78, 5) is 19.6. The van der Waals surface area contributed by atoms with Crippen LogP contribution in [0.2, 0.25) is 0 Å². The Kier molecular flexibility index (Phi) is 26.4. The number of rotatable bonds is 17. The SMILES string of the molecule is CCCCCCCCCCCCCCCCCCNC(=O)S.NC(=O)S. The van der Waals surface area contributed by atoms with Gasteiger partial charge < -0.3 is 11.1 Å². The molecule has 0 aromatic carbocycles. The molecule has 0 saturated heterocycles. The summed E-state index contributed by atoms with van der Waals surface area (Å²) in [6.07, 6.45) is 22.1. The van der Waals surface area contributed by atoms with E-state index in [1.54, 1.807) is 0 Å². The van der Waals surface area contributed by atoms with Crippen molar-refractivity contribution in [3.05, 3.63) is 0 Å². The van der Waals surface area contributed by atoms with E-state index in [9.17, 15) is 4.79 Å². The molecular formula is C20H42N2O2S2. The van der Waals surface area contributed by atoms with Crippen LogP contribution in [0.15, 0.2) is 0 Å². The minimum Gasteiger partial charge on any atom is -0.361 e. The molecule has 6 heteroatoms. The van der Waals surface area contributed by atoms with Crippen LogP contribution in [0.4, 0.5) is 9.59 Å². The Morgan fingerprint density at radius 2 is 0.923 bits per heavy atom. The van der Waals surface area contributed by atoms with Gasteiger partial charge in [0.05, 0.1) is 0 Å². The highest BCUT2D eigenvalue weighted by Gasteiger charge is 1.95. The van der Waals surface area contributed by atoms with Crippen LogP contribution < -0.4 is 11.1 Å². The average molecular weight is 407 g/mol. The van der Waals surface area contributed by atoms with Crippen molar-refractivity contribution >= 4 is 35.7 Å². The number of nitrogens with one attached hydrogen (secondary N) is 1. The lowest BCUT2D eigenvalue weighted by Gasteiger charge is -2.04. The smallest absolute Gasteiger partial charge is 0.275 e. The zero-order chi connectivity index (χ0) is 19.9. The van der Waals surface area contributed by atoms with Gasteiger partial charge >= 0.3 is 0 Å². The molecule has 0 spiro atoms. The van der Waals surface area contributed by atoms with Gasteiger partial charge in [-0.25, -0.2) is 0 Å². The highest BCUT2D eigenvalue weighted by molar-refractivity contribution is 7.96. The third-order valence-electron chi connectivity index (χ3n) is 4.31. The first-order valence-electron chi connectivity index (χ1n) is 10.5. The van der Waals surface area contributed by atoms with Gasteiger partial charge in [-0.05, 0) is 6.42 Å². The maximum atomic E-state index is 10.6. The number of amides is 2. The van der Waals surface area contributed by atoms with Crippen LogP contribution in [-0.4, -0.2) is 17.0 Å². The molecule has 4 nitrogen and oxygen atoms in total. The van der Waals surface area contributed by atoms with Crippen LogP contribution in [0.25, 0.3) is 0 Å². The Balaban J connectivity index is 0. The molecule has 0 aromatic heterocycles. The Labute approximate surface area is 172 Å². The molecule has 3 N–H and O–H groups in total. The first kappa shape index (κ1) is 27.9. The minimum atomic E-state index is -0.639. The van der Waals surface area contributed by atoms with Crippen LogP contribution in [0.1, 0.15) is 110 Å². The Bertz CT molecular complexity index is 312. The van der Waals surface area contributed by atoms with Crippen molar-refractivity contribution in [1.29, 1.82) is 0 Å². The zero-order valence-electron chi connectivity index (χ0n) is 16.8. The molecule has 0 aliphatic carbocycles. The second-order valence-electron chi connectivity index (χ2n) is 6.87. The molecule has 26 heavy (non-hydrogen) atoms. The summed E-state index contributed by atoms with van der Waals surface area (Å²) in [5, 5.41) is 1.87. The van der Waals surface area contributed by atoms with Crippen LogP contribution >= 0.6 is 25.3 Å². The Morgan fingerprint density at radius 1 is 0.654 bits per heavy atom. The first-order chi connectivity index (χ1) is 12.5. The van der Waals surface area contributed by atoms with Crippen LogP contribution in [0.5, 0.6) is 0 Å². The molecule has 0 rings (SSSR count). The summed E-state index contributed by atoms with van der Waals surface area (Å²) in [5.74, 6) is 0. The molecule has 0 aliphatic rings. The monoisotopic (exact) mass is 406 g/mol. The summed E-state index contributed by atoms with van der Waals surface area (Å²) >= 11 is 6.78. The molecule has 0 unspecified atom stereocenters. The quantitative estimate of drug-likeness (QED) is 0.157. The number of nitrogens with two attached hydrogens (primary N) is 1. The van der Waals surface area contributed by atoms with E-state index in [1.807, 2.05) is 0 Å². The molecule has 0 fully saturated rings. The van der Waals surface area contributed by atoms with Crippen LogP contribution in [0.3, 0.4) is 0 Å². The third-order valence-corrected chi connectivity index (χ3v) is 4.46. The van der Waals surface area contributed by atoms with E-state index in [-0.39, 0.29) is 5.24 Å². The van der Waals surface area contributed by atoms with Gasteiger partial charge in [-0.2, -0.15) is 0 Å². The number of hydrogen-bond donors (Lipinski definition) is 4. The van der Waals surface area contributed by atoms with E-state index in [0.29, 0.717) is 0 Å². The highest BCUT2D eigenvalue weighted by Crippen LogP contribution is 2.13. The summed E-state index contributed by atoms with van der Waals surface area (Å²) in [6.45, 7) is 3.06. The predicted octanol–water partition coefficient (Wildman–Crippen LogP) is 6.88. The normalized spacial score (nSPS) is 10.1. The molecule has 0 aliphatic heterocycles. The zero-order valence-corrected chi connectivity index (χ0v) is 18.6. The first-order valence-corrected chi connectivity index (χ1v) is 11.3. The van der Waals surface area contributed by atoms with E-state index in [1.165, 1.54) is 96.3 Å². The van der Waals surface area contributed by atoms with Gasteiger partial charge in [0.1, 0.15) is 0 Å². The summed E-state index contributed by atoms with van der Waals surface area (Å²) in [5.41, 5.74) is 4.34. The van der Waals surface area contributed by atoms with E-state index in [2.05, 4.69) is 43.2 Å². The highest BCUT2D eigenvalue weighted by atomic mass is 32.1. The third kappa shape index (κ3) is 34.9. The van der Waals surface area contributed by atoms with Crippen molar-refractivity contribution in [1.82, 2.24) is 5.32 Å². The van der Waals surface area contributed by atoms with Crippen molar-refractivity contribution in [3.8, 4) is 0 Å². The van der Waals surface area contributed by atoms with Gasteiger partial charge in [0.25, 0.3) is 10.5 Å². The molecule has 2 amide bonds. The van der Waals surface area contributed by atoms with Gasteiger partial charge in [-0.3, -0.25) is 9.59 Å². The number of carbonyl (C=O) groups excluding carboxylic acids is 2. The van der Waals surface area contributed by atoms with Crippen molar-refractivity contribution in [3.63, 3.8) is 0 Å². The lowest BCUT2D eigenvalue weighted by molar-refractivity contribution is 0.260. The molecule has 0 saturated carbocycles. The molecule has 156 valence electrons. The molecule has 0 bridgehead atoms. The van der Waals surface area contributed by atoms with Gasteiger partial charge in [-0.1, -0.05) is 128 Å². The largest absolute Gasteiger partial charge is 0.361 e. The number of hydrogen-bond acceptors (Lipinski definition) is 2. The average Bonchev–Trinajstić information content (AvgIpc) is 2.57. The summed E-state index contributed by atoms with van der Waals surface area (Å²) < 4.78 is 0. The molecule has 0 atom stereocenters. The molecule has 0 heterocycles. The fourth-order valence-electron chi connectivity index (χ4n) is 2.87. The van der Waals surface area contributed by atoms with Gasteiger partial charge in [0, 0.05) is 6.54 Å². The Hall–Kier alpha value is -0.360. The van der Waals surface area contributed by atoms with Crippen LogP contribution in [0, 0.1) is 0 Å². The van der Waals surface area contributed by atoms with E-state index >= 15 is 0 Å². The second-order valence-corrected chi connectivity index (χ2v) is 7.72. The van der Waals surface area contributed by atoms with Crippen molar-refractivity contribution < 1.29 is 9.59 Å².